The Morgan fingerprint density at radius 1 is 1.58 bits per heavy atom. The van der Waals surface area contributed by atoms with Crippen molar-refractivity contribution in [3.8, 4) is 0 Å². The number of benzene rings is 1. The van der Waals surface area contributed by atoms with Gasteiger partial charge in [0, 0.05) is 29.7 Å². The van der Waals surface area contributed by atoms with Gasteiger partial charge in [0.2, 0.25) is 0 Å². The van der Waals surface area contributed by atoms with Crippen molar-refractivity contribution in [3.63, 3.8) is 0 Å². The lowest BCUT2D eigenvalue weighted by atomic mass is 10.1. The summed E-state index contributed by atoms with van der Waals surface area (Å²) < 4.78 is 19.1. The van der Waals surface area contributed by atoms with Crippen LogP contribution in [0.25, 0.3) is 0 Å². The lowest BCUT2D eigenvalue weighted by molar-refractivity contribution is 0.155. The summed E-state index contributed by atoms with van der Waals surface area (Å²) in [5.41, 5.74) is 7.15. The highest BCUT2D eigenvalue weighted by Gasteiger charge is 2.13. The van der Waals surface area contributed by atoms with Crippen molar-refractivity contribution in [2.75, 3.05) is 26.3 Å². The van der Waals surface area contributed by atoms with Gasteiger partial charge in [-0.25, -0.2) is 4.39 Å². The van der Waals surface area contributed by atoms with Gasteiger partial charge in [0.05, 0.1) is 13.2 Å². The molecule has 0 aliphatic carbocycles. The molecule has 0 fully saturated rings. The highest BCUT2D eigenvalue weighted by molar-refractivity contribution is 6.30. The number of hydrogen-bond donors (Lipinski definition) is 2. The van der Waals surface area contributed by atoms with Crippen molar-refractivity contribution >= 4 is 11.6 Å². The molecule has 1 unspecified atom stereocenters. The molecule has 19 heavy (non-hydrogen) atoms. The summed E-state index contributed by atoms with van der Waals surface area (Å²) in [6.07, 6.45) is 0. The molecule has 1 aromatic carbocycles. The zero-order valence-corrected chi connectivity index (χ0v) is 11.8. The molecule has 5 heteroatoms. The molecule has 0 bridgehead atoms. The normalized spacial score (nSPS) is 12.4. The number of nitrogens with two attached hydrogens (primary N) is 1. The maximum Gasteiger partial charge on any atom is 0.129 e. The molecule has 0 amide bonds. The van der Waals surface area contributed by atoms with Gasteiger partial charge >= 0.3 is 0 Å². The number of ether oxygens (including phenoxy) is 1. The number of nitrogens with one attached hydrogen (secondary N) is 1. The maximum absolute atomic E-state index is 13.7. The van der Waals surface area contributed by atoms with Crippen molar-refractivity contribution in [1.29, 1.82) is 0 Å². The van der Waals surface area contributed by atoms with E-state index in [0.29, 0.717) is 36.9 Å². The fraction of sp³-hybridized carbons (Fsp3) is 0.429. The second-order valence-electron chi connectivity index (χ2n) is 4.42. The lowest BCUT2D eigenvalue weighted by Crippen LogP contribution is -2.31. The summed E-state index contributed by atoms with van der Waals surface area (Å²) in [6.45, 7) is 7.60. The van der Waals surface area contributed by atoms with E-state index in [1.165, 1.54) is 6.07 Å². The predicted octanol–water partition coefficient (Wildman–Crippen LogP) is 2.66. The monoisotopic (exact) mass is 286 g/mol. The standard InChI is InChI=1S/C14H20ClFN2O/c1-10(2)9-19-6-5-18-14(8-17)12-4-3-11(15)7-13(12)16/h3-4,7,14,18H,1,5-6,8-9,17H2,2H3. The van der Waals surface area contributed by atoms with Crippen LogP contribution >= 0.6 is 11.6 Å². The molecular weight excluding hydrogens is 267 g/mol. The Morgan fingerprint density at radius 2 is 2.32 bits per heavy atom. The summed E-state index contributed by atoms with van der Waals surface area (Å²) in [6, 6.07) is 4.35. The lowest BCUT2D eigenvalue weighted by Gasteiger charge is -2.18. The van der Waals surface area contributed by atoms with Crippen LogP contribution in [0.3, 0.4) is 0 Å². The van der Waals surface area contributed by atoms with Gasteiger partial charge < -0.3 is 15.8 Å². The molecule has 0 aromatic heterocycles. The van der Waals surface area contributed by atoms with Gasteiger partial charge in [0.25, 0.3) is 0 Å². The molecule has 0 radical (unpaired) electrons. The first-order chi connectivity index (χ1) is 9.04. The molecule has 1 atom stereocenters. The van der Waals surface area contributed by atoms with Crippen LogP contribution in [0.4, 0.5) is 4.39 Å². The van der Waals surface area contributed by atoms with Gasteiger partial charge in [0.15, 0.2) is 0 Å². The van der Waals surface area contributed by atoms with E-state index in [9.17, 15) is 4.39 Å². The number of halogens is 2. The van der Waals surface area contributed by atoms with Crippen LogP contribution in [-0.2, 0) is 4.74 Å². The van der Waals surface area contributed by atoms with Crippen LogP contribution in [0.1, 0.15) is 18.5 Å². The van der Waals surface area contributed by atoms with E-state index in [2.05, 4.69) is 11.9 Å². The quantitative estimate of drug-likeness (QED) is 0.570. The van der Waals surface area contributed by atoms with E-state index >= 15 is 0 Å². The first-order valence-corrected chi connectivity index (χ1v) is 6.53. The Balaban J connectivity index is 2.47. The van der Waals surface area contributed by atoms with Crippen LogP contribution in [0.15, 0.2) is 30.4 Å². The summed E-state index contributed by atoms with van der Waals surface area (Å²) in [4.78, 5) is 0. The minimum atomic E-state index is -0.349. The molecule has 3 nitrogen and oxygen atoms in total. The Bertz CT molecular complexity index is 426. The van der Waals surface area contributed by atoms with Crippen LogP contribution in [-0.4, -0.2) is 26.3 Å². The molecule has 0 spiro atoms. The minimum Gasteiger partial charge on any atom is -0.376 e. The number of hydrogen-bond acceptors (Lipinski definition) is 3. The zero-order chi connectivity index (χ0) is 14.3. The molecule has 0 aliphatic heterocycles. The van der Waals surface area contributed by atoms with E-state index in [1.807, 2.05) is 6.92 Å². The molecule has 1 aromatic rings. The summed E-state index contributed by atoms with van der Waals surface area (Å²) in [5, 5.41) is 3.53. The molecule has 106 valence electrons. The first kappa shape index (κ1) is 16.1. The Labute approximate surface area is 118 Å². The zero-order valence-electron chi connectivity index (χ0n) is 11.1. The molecule has 0 saturated carbocycles. The van der Waals surface area contributed by atoms with Gasteiger partial charge in [-0.1, -0.05) is 29.8 Å². The Kier molecular flexibility index (Phi) is 7.02. The van der Waals surface area contributed by atoms with Crippen LogP contribution < -0.4 is 11.1 Å². The van der Waals surface area contributed by atoms with Crippen LogP contribution in [0.2, 0.25) is 5.02 Å². The van der Waals surface area contributed by atoms with E-state index in [-0.39, 0.29) is 11.9 Å². The van der Waals surface area contributed by atoms with Crippen LogP contribution in [0, 0.1) is 5.82 Å². The van der Waals surface area contributed by atoms with E-state index in [0.717, 1.165) is 5.57 Å². The van der Waals surface area contributed by atoms with Crippen molar-refractivity contribution < 1.29 is 9.13 Å². The third-order valence-corrected chi connectivity index (χ3v) is 2.79. The largest absolute Gasteiger partial charge is 0.376 e. The average Bonchev–Trinajstić information content (AvgIpc) is 2.34. The highest BCUT2D eigenvalue weighted by atomic mass is 35.5. The summed E-state index contributed by atoms with van der Waals surface area (Å²) >= 11 is 5.72. The van der Waals surface area contributed by atoms with Crippen molar-refractivity contribution in [3.05, 3.63) is 46.8 Å². The Hall–Kier alpha value is -0.940. The third kappa shape index (κ3) is 5.70. The van der Waals surface area contributed by atoms with Gasteiger partial charge in [-0.3, -0.25) is 0 Å². The fourth-order valence-corrected chi connectivity index (χ4v) is 1.81. The van der Waals surface area contributed by atoms with Crippen molar-refractivity contribution in [2.24, 2.45) is 5.73 Å². The topological polar surface area (TPSA) is 47.3 Å². The molecule has 3 N–H and O–H groups in total. The van der Waals surface area contributed by atoms with Gasteiger partial charge in [-0.2, -0.15) is 0 Å². The molecule has 0 saturated heterocycles. The van der Waals surface area contributed by atoms with Crippen molar-refractivity contribution in [1.82, 2.24) is 5.32 Å². The molecule has 0 heterocycles. The van der Waals surface area contributed by atoms with Gasteiger partial charge in [0.1, 0.15) is 5.82 Å². The fourth-order valence-electron chi connectivity index (χ4n) is 1.66. The van der Waals surface area contributed by atoms with Gasteiger partial charge in [-0.05, 0) is 19.1 Å². The molecule has 1 rings (SSSR count). The van der Waals surface area contributed by atoms with Crippen molar-refractivity contribution in [2.45, 2.75) is 13.0 Å². The highest BCUT2D eigenvalue weighted by Crippen LogP contribution is 2.20. The van der Waals surface area contributed by atoms with E-state index < -0.39 is 0 Å². The first-order valence-electron chi connectivity index (χ1n) is 6.15. The second kappa shape index (κ2) is 8.27. The predicted molar refractivity (Wildman–Crippen MR) is 76.8 cm³/mol. The minimum absolute atomic E-state index is 0.245. The van der Waals surface area contributed by atoms with Crippen LogP contribution in [0.5, 0.6) is 0 Å². The molecular formula is C14H20ClFN2O. The Morgan fingerprint density at radius 3 is 2.89 bits per heavy atom. The third-order valence-electron chi connectivity index (χ3n) is 2.56. The van der Waals surface area contributed by atoms with E-state index in [4.69, 9.17) is 22.1 Å². The number of rotatable bonds is 8. The maximum atomic E-state index is 13.7. The van der Waals surface area contributed by atoms with E-state index in [1.54, 1.807) is 12.1 Å². The average molecular weight is 287 g/mol. The summed E-state index contributed by atoms with van der Waals surface area (Å²) in [7, 11) is 0. The smallest absolute Gasteiger partial charge is 0.129 e. The summed E-state index contributed by atoms with van der Waals surface area (Å²) in [5.74, 6) is -0.349. The van der Waals surface area contributed by atoms with Gasteiger partial charge in [-0.15, -0.1) is 0 Å². The SMILES string of the molecule is C=C(C)COCCNC(CN)c1ccc(Cl)cc1F. The second-order valence-corrected chi connectivity index (χ2v) is 4.85. The molecule has 0 aliphatic rings.